The van der Waals surface area contributed by atoms with Gasteiger partial charge in [0.25, 0.3) is 0 Å². The van der Waals surface area contributed by atoms with Crippen LogP contribution >= 0.6 is 27.3 Å². The minimum absolute atomic E-state index is 0.561. The Balaban J connectivity index is 1.37. The van der Waals surface area contributed by atoms with Gasteiger partial charge in [-0.2, -0.15) is 0 Å². The number of thiophene rings is 1. The molecule has 0 unspecified atom stereocenters. The number of halogens is 1. The Hall–Kier alpha value is -3.16. The predicted octanol–water partition coefficient (Wildman–Crippen LogP) is 11.3. The van der Waals surface area contributed by atoms with Crippen molar-refractivity contribution in [3.8, 4) is 33.4 Å². The minimum atomic E-state index is 0.561. The Labute approximate surface area is 268 Å². The summed E-state index contributed by atoms with van der Waals surface area (Å²) >= 11 is 5.29. The van der Waals surface area contributed by atoms with E-state index in [0.29, 0.717) is 13.2 Å². The fraction of sp³-hybridized carbons (Fsp3) is 0.389. The van der Waals surface area contributed by atoms with E-state index in [1.807, 2.05) is 0 Å². The maximum atomic E-state index is 6.03. The van der Waals surface area contributed by atoms with Crippen LogP contribution in [0.15, 0.2) is 76.6 Å². The van der Waals surface area contributed by atoms with Gasteiger partial charge in [0.05, 0.1) is 18.1 Å². The van der Waals surface area contributed by atoms with Gasteiger partial charge >= 0.3 is 0 Å². The Bertz CT molecular complexity index is 1350. The van der Waals surface area contributed by atoms with E-state index in [-0.39, 0.29) is 0 Å². The van der Waals surface area contributed by atoms with Crippen LogP contribution in [0.4, 0.5) is 17.1 Å². The van der Waals surface area contributed by atoms with Gasteiger partial charge in [0, 0.05) is 17.1 Å². The highest BCUT2D eigenvalue weighted by atomic mass is 79.9. The molecule has 1 aromatic heterocycles. The fourth-order valence-corrected chi connectivity index (χ4v) is 6.84. The van der Waals surface area contributed by atoms with Crippen molar-refractivity contribution in [2.45, 2.75) is 65.2 Å². The van der Waals surface area contributed by atoms with Gasteiger partial charge in [-0.25, -0.2) is 0 Å². The van der Waals surface area contributed by atoms with E-state index in [1.54, 1.807) is 11.3 Å². The standard InChI is InChI=1S/C36H42BrNO4S/c1-3-5-7-9-23-39-31-19-15-29(16-20-31)38(30-17-21-32(22-18-30)40-24-10-8-6-4-2)28-13-11-27(12-14-28)35-33-34(36(37)43-35)42-26-25-41-33/h11-22H,3-10,23-26H2,1-2H3. The van der Waals surface area contributed by atoms with Crippen LogP contribution in [0.1, 0.15) is 65.2 Å². The number of rotatable bonds is 16. The highest BCUT2D eigenvalue weighted by Gasteiger charge is 2.24. The molecule has 3 aromatic carbocycles. The number of fused-ring (bicyclic) bond motifs is 1. The first-order chi connectivity index (χ1) is 21.2. The Morgan fingerprint density at radius 3 is 1.58 bits per heavy atom. The van der Waals surface area contributed by atoms with Crippen LogP contribution in [0, 0.1) is 0 Å². The number of hydrogen-bond donors (Lipinski definition) is 0. The molecule has 0 spiro atoms. The zero-order valence-corrected chi connectivity index (χ0v) is 27.7. The molecule has 0 N–H and O–H groups in total. The highest BCUT2D eigenvalue weighted by molar-refractivity contribution is 9.11. The van der Waals surface area contributed by atoms with E-state index >= 15 is 0 Å². The summed E-state index contributed by atoms with van der Waals surface area (Å²) in [6.45, 7) is 7.09. The van der Waals surface area contributed by atoms with Gasteiger partial charge in [0.15, 0.2) is 11.5 Å². The SMILES string of the molecule is CCCCCCOc1ccc(N(c2ccc(OCCCCCC)cc2)c2ccc(-c3sc(Br)c4c3OCCO4)cc2)cc1. The van der Waals surface area contributed by atoms with Crippen LogP contribution in [0.25, 0.3) is 10.4 Å². The second-order valence-electron chi connectivity index (χ2n) is 10.7. The quantitative estimate of drug-likeness (QED) is 0.112. The molecule has 1 aliphatic heterocycles. The molecule has 0 atom stereocenters. The molecule has 0 radical (unpaired) electrons. The summed E-state index contributed by atoms with van der Waals surface area (Å²) in [6.07, 6.45) is 9.56. The fourth-order valence-electron chi connectivity index (χ4n) is 5.14. The zero-order valence-electron chi connectivity index (χ0n) is 25.3. The number of unbranched alkanes of at least 4 members (excludes halogenated alkanes) is 6. The van der Waals surface area contributed by atoms with Gasteiger partial charge < -0.3 is 23.8 Å². The second-order valence-corrected chi connectivity index (χ2v) is 13.1. The van der Waals surface area contributed by atoms with E-state index < -0.39 is 0 Å². The number of nitrogens with zero attached hydrogens (tertiary/aromatic N) is 1. The zero-order chi connectivity index (χ0) is 29.9. The van der Waals surface area contributed by atoms with Crippen LogP contribution in [-0.2, 0) is 0 Å². The topological polar surface area (TPSA) is 40.2 Å². The molecule has 228 valence electrons. The molecule has 0 saturated heterocycles. The summed E-state index contributed by atoms with van der Waals surface area (Å²) in [5, 5.41) is 0. The third-order valence-corrected chi connectivity index (χ3v) is 9.31. The Morgan fingerprint density at radius 1 is 0.628 bits per heavy atom. The van der Waals surface area contributed by atoms with Crippen LogP contribution < -0.4 is 23.8 Å². The van der Waals surface area contributed by atoms with Crippen molar-refractivity contribution in [2.24, 2.45) is 0 Å². The van der Waals surface area contributed by atoms with Gasteiger partial charge in [-0.05, 0) is 95.0 Å². The second kappa shape index (κ2) is 16.1. The van der Waals surface area contributed by atoms with Crippen molar-refractivity contribution < 1.29 is 18.9 Å². The molecular formula is C36H42BrNO4S. The summed E-state index contributed by atoms with van der Waals surface area (Å²) in [4.78, 5) is 3.33. The van der Waals surface area contributed by atoms with Crippen LogP contribution in [0.2, 0.25) is 0 Å². The number of anilines is 3. The van der Waals surface area contributed by atoms with Crippen molar-refractivity contribution in [3.63, 3.8) is 0 Å². The van der Waals surface area contributed by atoms with Crippen LogP contribution in [-0.4, -0.2) is 26.4 Å². The molecule has 0 amide bonds. The lowest BCUT2D eigenvalue weighted by atomic mass is 10.1. The summed E-state index contributed by atoms with van der Waals surface area (Å²) in [5.41, 5.74) is 4.28. The molecule has 7 heteroatoms. The normalized spacial score (nSPS) is 12.3. The lowest BCUT2D eigenvalue weighted by molar-refractivity contribution is 0.173. The first kappa shape index (κ1) is 31.3. The molecule has 5 nitrogen and oxygen atoms in total. The van der Waals surface area contributed by atoms with Crippen molar-refractivity contribution in [1.82, 2.24) is 0 Å². The predicted molar refractivity (Wildman–Crippen MR) is 182 cm³/mol. The monoisotopic (exact) mass is 663 g/mol. The van der Waals surface area contributed by atoms with Crippen molar-refractivity contribution in [3.05, 3.63) is 76.6 Å². The smallest absolute Gasteiger partial charge is 0.187 e. The lowest BCUT2D eigenvalue weighted by Gasteiger charge is -2.26. The van der Waals surface area contributed by atoms with E-state index in [2.05, 4.69) is 107 Å². The highest BCUT2D eigenvalue weighted by Crippen LogP contribution is 2.52. The molecule has 4 aromatic rings. The van der Waals surface area contributed by atoms with Gasteiger partial charge in [-0.1, -0.05) is 64.5 Å². The van der Waals surface area contributed by atoms with Crippen LogP contribution in [0.3, 0.4) is 0 Å². The molecule has 43 heavy (non-hydrogen) atoms. The third kappa shape index (κ3) is 8.27. The van der Waals surface area contributed by atoms with Crippen molar-refractivity contribution in [2.75, 3.05) is 31.3 Å². The van der Waals surface area contributed by atoms with Gasteiger partial charge in [-0.3, -0.25) is 0 Å². The van der Waals surface area contributed by atoms with E-state index in [4.69, 9.17) is 18.9 Å². The Kier molecular flexibility index (Phi) is 11.7. The lowest BCUT2D eigenvalue weighted by Crippen LogP contribution is -2.14. The van der Waals surface area contributed by atoms with Gasteiger partial charge in [0.1, 0.15) is 28.5 Å². The maximum Gasteiger partial charge on any atom is 0.187 e. The molecule has 5 rings (SSSR count). The molecule has 0 fully saturated rings. The van der Waals surface area contributed by atoms with E-state index in [9.17, 15) is 0 Å². The average Bonchev–Trinajstić information content (AvgIpc) is 3.39. The summed E-state index contributed by atoms with van der Waals surface area (Å²) < 4.78 is 24.8. The molecule has 0 aliphatic carbocycles. The summed E-state index contributed by atoms with van der Waals surface area (Å²) in [7, 11) is 0. The molecule has 1 aliphatic rings. The third-order valence-electron chi connectivity index (χ3n) is 7.47. The van der Waals surface area contributed by atoms with Crippen LogP contribution in [0.5, 0.6) is 23.0 Å². The molecule has 0 saturated carbocycles. The van der Waals surface area contributed by atoms with Crippen molar-refractivity contribution in [1.29, 1.82) is 0 Å². The first-order valence-corrected chi connectivity index (χ1v) is 17.2. The largest absolute Gasteiger partial charge is 0.494 e. The number of hydrogen-bond acceptors (Lipinski definition) is 6. The number of ether oxygens (including phenoxy) is 4. The van der Waals surface area contributed by atoms with Crippen molar-refractivity contribution >= 4 is 44.3 Å². The summed E-state index contributed by atoms with van der Waals surface area (Å²) in [6, 6.07) is 25.4. The van der Waals surface area contributed by atoms with E-state index in [0.717, 1.165) is 80.3 Å². The Morgan fingerprint density at radius 2 is 1.09 bits per heavy atom. The van der Waals surface area contributed by atoms with E-state index in [1.165, 1.54) is 38.5 Å². The number of benzene rings is 3. The average molecular weight is 665 g/mol. The van der Waals surface area contributed by atoms with Gasteiger partial charge in [0.2, 0.25) is 0 Å². The molecule has 2 heterocycles. The molecular weight excluding hydrogens is 622 g/mol. The first-order valence-electron chi connectivity index (χ1n) is 15.6. The van der Waals surface area contributed by atoms with Gasteiger partial charge in [-0.15, -0.1) is 11.3 Å². The summed E-state index contributed by atoms with van der Waals surface area (Å²) in [5.74, 6) is 3.43. The maximum absolute atomic E-state index is 6.03. The molecule has 0 bridgehead atoms. The minimum Gasteiger partial charge on any atom is -0.494 e.